The number of anilines is 1. The number of carbonyl (C=O) groups is 1. The van der Waals surface area contributed by atoms with Gasteiger partial charge in [-0.2, -0.15) is 0 Å². The van der Waals surface area contributed by atoms with Crippen molar-refractivity contribution in [3.8, 4) is 0 Å². The van der Waals surface area contributed by atoms with Crippen LogP contribution in [0.5, 0.6) is 0 Å². The maximum atomic E-state index is 11.5. The summed E-state index contributed by atoms with van der Waals surface area (Å²) in [6.07, 6.45) is 3.53. The molecule has 0 aliphatic rings. The van der Waals surface area contributed by atoms with Crippen LogP contribution in [0.15, 0.2) is 11.5 Å². The van der Waals surface area contributed by atoms with E-state index in [0.29, 0.717) is 11.0 Å². The van der Waals surface area contributed by atoms with Gasteiger partial charge in [0.25, 0.3) is 0 Å². The SMILES string of the molecule is CC(C)/C=C\c1csc(NC(=O)OC(C)(C)C)n1. The molecule has 0 aliphatic carbocycles. The summed E-state index contributed by atoms with van der Waals surface area (Å²) in [7, 11) is 0. The van der Waals surface area contributed by atoms with Gasteiger partial charge in [0.1, 0.15) is 5.60 Å². The molecule has 1 aromatic rings. The number of hydrogen-bond donors (Lipinski definition) is 1. The Morgan fingerprint density at radius 1 is 1.50 bits per heavy atom. The molecule has 1 N–H and O–H groups in total. The topological polar surface area (TPSA) is 51.2 Å². The number of thiazole rings is 1. The fourth-order valence-corrected chi connectivity index (χ4v) is 1.77. The van der Waals surface area contributed by atoms with Crippen molar-refractivity contribution < 1.29 is 9.53 Å². The first kappa shape index (κ1) is 14.7. The Hall–Kier alpha value is -1.36. The van der Waals surface area contributed by atoms with Crippen molar-refractivity contribution in [1.82, 2.24) is 4.98 Å². The molecule has 1 amide bonds. The Morgan fingerprint density at radius 2 is 2.17 bits per heavy atom. The third kappa shape index (κ3) is 5.82. The number of rotatable bonds is 3. The minimum absolute atomic E-state index is 0.476. The fourth-order valence-electron chi connectivity index (χ4n) is 1.10. The standard InChI is InChI=1S/C13H20N2O2S/c1-9(2)6-7-10-8-18-11(14-10)15-12(16)17-13(3,4)5/h6-9H,1-5H3,(H,14,15,16)/b7-6-. The predicted octanol–water partition coefficient (Wildman–Crippen LogP) is 4.16. The molecule has 18 heavy (non-hydrogen) atoms. The first-order chi connectivity index (χ1) is 8.26. The van der Waals surface area contributed by atoms with E-state index in [0.717, 1.165) is 5.69 Å². The zero-order valence-corrected chi connectivity index (χ0v) is 12.3. The zero-order chi connectivity index (χ0) is 13.8. The van der Waals surface area contributed by atoms with Crippen molar-refractivity contribution in [3.63, 3.8) is 0 Å². The van der Waals surface area contributed by atoms with E-state index in [1.807, 2.05) is 32.2 Å². The van der Waals surface area contributed by atoms with Crippen LogP contribution < -0.4 is 5.32 Å². The summed E-state index contributed by atoms with van der Waals surface area (Å²) in [5, 5.41) is 5.06. The molecule has 0 saturated carbocycles. The van der Waals surface area contributed by atoms with E-state index in [4.69, 9.17) is 4.74 Å². The normalized spacial score (nSPS) is 12.1. The summed E-state index contributed by atoms with van der Waals surface area (Å²) >= 11 is 1.38. The van der Waals surface area contributed by atoms with Gasteiger partial charge in [-0.1, -0.05) is 19.9 Å². The Labute approximate surface area is 112 Å². The summed E-state index contributed by atoms with van der Waals surface area (Å²) in [6.45, 7) is 9.67. The Kier molecular flexibility index (Phi) is 4.90. The van der Waals surface area contributed by atoms with Crippen molar-refractivity contribution in [2.75, 3.05) is 5.32 Å². The molecule has 0 aliphatic heterocycles. The average Bonchev–Trinajstić information content (AvgIpc) is 2.59. The number of hydrogen-bond acceptors (Lipinski definition) is 4. The predicted molar refractivity (Wildman–Crippen MR) is 75.8 cm³/mol. The fraction of sp³-hybridized carbons (Fsp3) is 0.538. The number of carbonyl (C=O) groups excluding carboxylic acids is 1. The molecule has 0 saturated heterocycles. The average molecular weight is 268 g/mol. The molecule has 0 fully saturated rings. The summed E-state index contributed by atoms with van der Waals surface area (Å²) in [5.41, 5.74) is 0.349. The van der Waals surface area contributed by atoms with E-state index in [2.05, 4.69) is 30.2 Å². The molecular formula is C13H20N2O2S. The molecule has 0 bridgehead atoms. The summed E-state index contributed by atoms with van der Waals surface area (Å²) < 4.78 is 5.15. The lowest BCUT2D eigenvalue weighted by Crippen LogP contribution is -2.27. The highest BCUT2D eigenvalue weighted by Crippen LogP contribution is 2.18. The lowest BCUT2D eigenvalue weighted by atomic mass is 10.2. The largest absolute Gasteiger partial charge is 0.444 e. The van der Waals surface area contributed by atoms with Crippen LogP contribution in [0.4, 0.5) is 9.93 Å². The Balaban J connectivity index is 2.56. The van der Waals surface area contributed by atoms with Gasteiger partial charge in [0.2, 0.25) is 0 Å². The summed E-state index contributed by atoms with van der Waals surface area (Å²) in [6, 6.07) is 0. The monoisotopic (exact) mass is 268 g/mol. The van der Waals surface area contributed by atoms with E-state index in [-0.39, 0.29) is 0 Å². The van der Waals surface area contributed by atoms with Gasteiger partial charge in [0, 0.05) is 5.38 Å². The van der Waals surface area contributed by atoms with Crippen molar-refractivity contribution in [2.45, 2.75) is 40.2 Å². The molecule has 0 unspecified atom stereocenters. The number of aromatic nitrogens is 1. The number of amides is 1. The van der Waals surface area contributed by atoms with Gasteiger partial charge in [-0.05, 0) is 32.8 Å². The van der Waals surface area contributed by atoms with Gasteiger partial charge in [-0.15, -0.1) is 11.3 Å². The molecular weight excluding hydrogens is 248 g/mol. The first-order valence-electron chi connectivity index (χ1n) is 5.90. The molecule has 1 rings (SSSR count). The van der Waals surface area contributed by atoms with Crippen LogP contribution in [0.3, 0.4) is 0 Å². The molecule has 0 spiro atoms. The Bertz CT molecular complexity index is 430. The molecule has 0 atom stereocenters. The van der Waals surface area contributed by atoms with Crippen molar-refractivity contribution >= 4 is 28.6 Å². The summed E-state index contributed by atoms with van der Waals surface area (Å²) in [5.74, 6) is 0.481. The molecule has 0 aromatic carbocycles. The third-order valence-electron chi connectivity index (χ3n) is 1.78. The second-order valence-corrected chi connectivity index (χ2v) is 6.17. The second kappa shape index (κ2) is 6.00. The molecule has 1 heterocycles. The third-order valence-corrected chi connectivity index (χ3v) is 2.56. The highest BCUT2D eigenvalue weighted by Gasteiger charge is 2.16. The maximum absolute atomic E-state index is 11.5. The molecule has 4 nitrogen and oxygen atoms in total. The summed E-state index contributed by atoms with van der Waals surface area (Å²) in [4.78, 5) is 15.8. The Morgan fingerprint density at radius 3 is 2.72 bits per heavy atom. The molecule has 0 radical (unpaired) electrons. The highest BCUT2D eigenvalue weighted by molar-refractivity contribution is 7.14. The van der Waals surface area contributed by atoms with Crippen molar-refractivity contribution in [3.05, 3.63) is 17.2 Å². The molecule has 100 valence electrons. The van der Waals surface area contributed by atoms with Crippen LogP contribution in [-0.2, 0) is 4.74 Å². The highest BCUT2D eigenvalue weighted by atomic mass is 32.1. The van der Waals surface area contributed by atoms with Gasteiger partial charge in [0.15, 0.2) is 5.13 Å². The van der Waals surface area contributed by atoms with E-state index in [9.17, 15) is 4.79 Å². The van der Waals surface area contributed by atoms with E-state index in [1.54, 1.807) is 0 Å². The quantitative estimate of drug-likeness (QED) is 0.895. The van der Waals surface area contributed by atoms with E-state index < -0.39 is 11.7 Å². The lowest BCUT2D eigenvalue weighted by molar-refractivity contribution is 0.0636. The first-order valence-corrected chi connectivity index (χ1v) is 6.78. The second-order valence-electron chi connectivity index (χ2n) is 5.31. The van der Waals surface area contributed by atoms with E-state index in [1.165, 1.54) is 11.3 Å². The van der Waals surface area contributed by atoms with Crippen LogP contribution in [0.25, 0.3) is 6.08 Å². The smallest absolute Gasteiger partial charge is 0.413 e. The minimum atomic E-state index is -0.498. The molecule has 5 heteroatoms. The van der Waals surface area contributed by atoms with E-state index >= 15 is 0 Å². The van der Waals surface area contributed by atoms with Crippen LogP contribution in [0.1, 0.15) is 40.3 Å². The van der Waals surface area contributed by atoms with Crippen LogP contribution in [-0.4, -0.2) is 16.7 Å². The van der Waals surface area contributed by atoms with Crippen molar-refractivity contribution in [2.24, 2.45) is 5.92 Å². The van der Waals surface area contributed by atoms with Gasteiger partial charge in [-0.3, -0.25) is 5.32 Å². The van der Waals surface area contributed by atoms with Gasteiger partial charge >= 0.3 is 6.09 Å². The number of nitrogens with one attached hydrogen (secondary N) is 1. The number of allylic oxidation sites excluding steroid dienone is 1. The number of ether oxygens (including phenoxy) is 1. The van der Waals surface area contributed by atoms with Crippen LogP contribution in [0, 0.1) is 5.92 Å². The minimum Gasteiger partial charge on any atom is -0.444 e. The van der Waals surface area contributed by atoms with Gasteiger partial charge < -0.3 is 4.74 Å². The number of nitrogens with zero attached hydrogens (tertiary/aromatic N) is 1. The van der Waals surface area contributed by atoms with Crippen LogP contribution >= 0.6 is 11.3 Å². The zero-order valence-electron chi connectivity index (χ0n) is 11.5. The van der Waals surface area contributed by atoms with Gasteiger partial charge in [0.05, 0.1) is 5.69 Å². The lowest BCUT2D eigenvalue weighted by Gasteiger charge is -2.18. The van der Waals surface area contributed by atoms with Crippen LogP contribution in [0.2, 0.25) is 0 Å². The maximum Gasteiger partial charge on any atom is 0.413 e. The molecule has 1 aromatic heterocycles. The van der Waals surface area contributed by atoms with Crippen molar-refractivity contribution in [1.29, 1.82) is 0 Å². The van der Waals surface area contributed by atoms with Gasteiger partial charge in [-0.25, -0.2) is 9.78 Å².